The van der Waals surface area contributed by atoms with Crippen LogP contribution in [0.4, 0.5) is 0 Å². The molecule has 5 heteroatoms. The second-order valence-electron chi connectivity index (χ2n) is 5.65. The Hall–Kier alpha value is -3.18. The Morgan fingerprint density at radius 2 is 1.69 bits per heavy atom. The number of benzene rings is 2. The Morgan fingerprint density at radius 3 is 2.38 bits per heavy atom. The summed E-state index contributed by atoms with van der Waals surface area (Å²) in [6, 6.07) is 22.4. The lowest BCUT2D eigenvalue weighted by molar-refractivity contribution is 0.575. The summed E-state index contributed by atoms with van der Waals surface area (Å²) >= 11 is 1.53. The molecular weight excluding hydrogens is 342 g/mol. The van der Waals surface area contributed by atoms with Crippen molar-refractivity contribution in [3.63, 3.8) is 0 Å². The fourth-order valence-electron chi connectivity index (χ4n) is 2.67. The van der Waals surface area contributed by atoms with Crippen molar-refractivity contribution in [2.75, 3.05) is 7.05 Å². The highest BCUT2D eigenvalue weighted by Crippen LogP contribution is 2.21. The molecule has 0 amide bonds. The second kappa shape index (κ2) is 7.37. The van der Waals surface area contributed by atoms with Gasteiger partial charge in [-0.05, 0) is 28.8 Å². The molecular formula is C21H17N3OS. The van der Waals surface area contributed by atoms with Crippen molar-refractivity contribution in [2.45, 2.75) is 0 Å². The van der Waals surface area contributed by atoms with Gasteiger partial charge in [-0.2, -0.15) is 5.10 Å². The van der Waals surface area contributed by atoms with E-state index >= 15 is 0 Å². The lowest BCUT2D eigenvalue weighted by Crippen LogP contribution is -2.11. The van der Waals surface area contributed by atoms with E-state index in [-0.39, 0.29) is 0 Å². The summed E-state index contributed by atoms with van der Waals surface area (Å²) in [7, 11) is 1.76. The fourth-order valence-corrected chi connectivity index (χ4v) is 3.46. The SMILES string of the molecule is CN=c1scc(-c2ccco2)n1N=Cc1ccc(-c2ccccc2)cc1. The van der Waals surface area contributed by atoms with Gasteiger partial charge in [-0.25, -0.2) is 4.68 Å². The largest absolute Gasteiger partial charge is 0.463 e. The first-order valence-electron chi connectivity index (χ1n) is 8.22. The molecule has 0 fully saturated rings. The van der Waals surface area contributed by atoms with Gasteiger partial charge in [0.25, 0.3) is 0 Å². The van der Waals surface area contributed by atoms with E-state index in [0.717, 1.165) is 21.8 Å². The molecule has 0 atom stereocenters. The van der Waals surface area contributed by atoms with Crippen molar-refractivity contribution >= 4 is 17.6 Å². The topological polar surface area (TPSA) is 42.8 Å². The van der Waals surface area contributed by atoms with Crippen molar-refractivity contribution in [1.29, 1.82) is 0 Å². The summed E-state index contributed by atoms with van der Waals surface area (Å²) in [4.78, 5) is 5.11. The number of nitrogens with zero attached hydrogens (tertiary/aromatic N) is 3. The molecule has 0 aliphatic heterocycles. The third-order valence-electron chi connectivity index (χ3n) is 3.99. The van der Waals surface area contributed by atoms with E-state index in [2.05, 4.69) is 46.5 Å². The maximum atomic E-state index is 5.51. The molecule has 2 aromatic heterocycles. The molecule has 0 saturated heterocycles. The van der Waals surface area contributed by atoms with E-state index in [1.165, 1.54) is 22.5 Å². The van der Waals surface area contributed by atoms with Gasteiger partial charge in [-0.15, -0.1) is 11.3 Å². The van der Waals surface area contributed by atoms with Gasteiger partial charge in [-0.1, -0.05) is 54.6 Å². The highest BCUT2D eigenvalue weighted by Gasteiger charge is 2.09. The van der Waals surface area contributed by atoms with Crippen LogP contribution in [0, 0.1) is 0 Å². The third kappa shape index (κ3) is 3.30. The Morgan fingerprint density at radius 1 is 0.923 bits per heavy atom. The highest BCUT2D eigenvalue weighted by atomic mass is 32.1. The molecule has 0 bridgehead atoms. The van der Waals surface area contributed by atoms with Crippen LogP contribution in [0.2, 0.25) is 0 Å². The van der Waals surface area contributed by atoms with Crippen LogP contribution in [0.15, 0.2) is 92.9 Å². The summed E-state index contributed by atoms with van der Waals surface area (Å²) < 4.78 is 7.31. The van der Waals surface area contributed by atoms with E-state index in [0.29, 0.717) is 0 Å². The van der Waals surface area contributed by atoms with E-state index in [1.807, 2.05) is 41.9 Å². The van der Waals surface area contributed by atoms with Crippen molar-refractivity contribution in [3.8, 4) is 22.6 Å². The van der Waals surface area contributed by atoms with E-state index in [1.54, 1.807) is 18.0 Å². The number of hydrogen-bond acceptors (Lipinski definition) is 4. The number of aromatic nitrogens is 1. The highest BCUT2D eigenvalue weighted by molar-refractivity contribution is 7.07. The average Bonchev–Trinajstić information content (AvgIpc) is 3.36. The van der Waals surface area contributed by atoms with Gasteiger partial charge in [0, 0.05) is 12.4 Å². The lowest BCUT2D eigenvalue weighted by atomic mass is 10.0. The fraction of sp³-hybridized carbons (Fsp3) is 0.0476. The van der Waals surface area contributed by atoms with Crippen molar-refractivity contribution < 1.29 is 4.42 Å². The smallest absolute Gasteiger partial charge is 0.206 e. The summed E-state index contributed by atoms with van der Waals surface area (Å²) in [6.45, 7) is 0. The summed E-state index contributed by atoms with van der Waals surface area (Å²) in [6.07, 6.45) is 3.49. The minimum atomic E-state index is 0.771. The molecule has 0 N–H and O–H groups in total. The molecule has 4 rings (SSSR count). The van der Waals surface area contributed by atoms with Gasteiger partial charge in [0.1, 0.15) is 5.69 Å². The number of furan rings is 1. The number of hydrogen-bond donors (Lipinski definition) is 0. The first kappa shape index (κ1) is 16.3. The molecule has 0 unspecified atom stereocenters. The zero-order chi connectivity index (χ0) is 17.8. The van der Waals surface area contributed by atoms with Crippen LogP contribution >= 0.6 is 11.3 Å². The van der Waals surface area contributed by atoms with E-state index < -0.39 is 0 Å². The molecule has 2 heterocycles. The Bertz CT molecular complexity index is 1070. The van der Waals surface area contributed by atoms with Crippen LogP contribution in [-0.2, 0) is 0 Å². The molecule has 0 spiro atoms. The minimum absolute atomic E-state index is 0.771. The van der Waals surface area contributed by atoms with Gasteiger partial charge >= 0.3 is 0 Å². The van der Waals surface area contributed by atoms with Crippen LogP contribution in [0.5, 0.6) is 0 Å². The zero-order valence-electron chi connectivity index (χ0n) is 14.2. The Balaban J connectivity index is 1.64. The van der Waals surface area contributed by atoms with Crippen LogP contribution in [0.1, 0.15) is 5.56 Å². The van der Waals surface area contributed by atoms with Gasteiger partial charge in [0.15, 0.2) is 5.76 Å². The zero-order valence-corrected chi connectivity index (χ0v) is 15.1. The van der Waals surface area contributed by atoms with Crippen molar-refractivity contribution in [1.82, 2.24) is 4.68 Å². The summed E-state index contributed by atoms with van der Waals surface area (Å²) in [5.41, 5.74) is 4.30. The number of thiazole rings is 1. The predicted octanol–water partition coefficient (Wildman–Crippen LogP) is 4.89. The molecule has 2 aromatic carbocycles. The van der Waals surface area contributed by atoms with Gasteiger partial charge < -0.3 is 4.42 Å². The molecule has 128 valence electrons. The predicted molar refractivity (Wildman–Crippen MR) is 106 cm³/mol. The maximum Gasteiger partial charge on any atom is 0.206 e. The number of rotatable bonds is 4. The first-order valence-corrected chi connectivity index (χ1v) is 9.10. The van der Waals surface area contributed by atoms with Gasteiger partial charge in [0.05, 0.1) is 12.5 Å². The Kier molecular flexibility index (Phi) is 4.62. The first-order chi connectivity index (χ1) is 12.8. The van der Waals surface area contributed by atoms with Crippen LogP contribution < -0.4 is 4.80 Å². The van der Waals surface area contributed by atoms with Crippen LogP contribution in [0.3, 0.4) is 0 Å². The summed E-state index contributed by atoms with van der Waals surface area (Å²) in [5.74, 6) is 0.771. The van der Waals surface area contributed by atoms with Crippen LogP contribution in [0.25, 0.3) is 22.6 Å². The minimum Gasteiger partial charge on any atom is -0.463 e. The van der Waals surface area contributed by atoms with Crippen molar-refractivity contribution in [3.05, 3.63) is 88.7 Å². The molecule has 26 heavy (non-hydrogen) atoms. The van der Waals surface area contributed by atoms with Gasteiger partial charge in [-0.3, -0.25) is 4.99 Å². The molecule has 0 aliphatic carbocycles. The van der Waals surface area contributed by atoms with Crippen LogP contribution in [-0.4, -0.2) is 17.9 Å². The van der Waals surface area contributed by atoms with Gasteiger partial charge in [0.2, 0.25) is 4.80 Å². The average molecular weight is 359 g/mol. The molecule has 0 radical (unpaired) electrons. The normalized spacial score (nSPS) is 12.1. The summed E-state index contributed by atoms with van der Waals surface area (Å²) in [5, 5.41) is 6.61. The molecule has 0 saturated carbocycles. The second-order valence-corrected chi connectivity index (χ2v) is 6.49. The maximum absolute atomic E-state index is 5.51. The third-order valence-corrected chi connectivity index (χ3v) is 4.90. The molecule has 4 aromatic rings. The molecule has 4 nitrogen and oxygen atoms in total. The van der Waals surface area contributed by atoms with E-state index in [4.69, 9.17) is 4.42 Å². The quantitative estimate of drug-likeness (QED) is 0.478. The van der Waals surface area contributed by atoms with E-state index in [9.17, 15) is 0 Å². The monoisotopic (exact) mass is 359 g/mol. The Labute approximate surface area is 155 Å². The van der Waals surface area contributed by atoms with Crippen molar-refractivity contribution in [2.24, 2.45) is 10.1 Å². The lowest BCUT2D eigenvalue weighted by Gasteiger charge is -2.02. The standard InChI is InChI=1S/C21H17N3OS/c1-22-21-24(19(15-26-21)20-8-5-13-25-20)23-14-16-9-11-18(12-10-16)17-6-3-2-4-7-17/h2-15H,1H3. The molecule has 0 aliphatic rings.